The molecule has 1 heterocycles. The second-order valence-corrected chi connectivity index (χ2v) is 3.64. The fourth-order valence-electron chi connectivity index (χ4n) is 0.559. The first kappa shape index (κ1) is 9.28. The molecule has 0 aliphatic carbocycles. The van der Waals surface area contributed by atoms with Gasteiger partial charge < -0.3 is 0 Å². The van der Waals surface area contributed by atoms with Crippen molar-refractivity contribution >= 4 is 34.6 Å². The van der Waals surface area contributed by atoms with Gasteiger partial charge in [0.05, 0.1) is 6.21 Å². The van der Waals surface area contributed by atoms with Gasteiger partial charge in [-0.05, 0) is 17.7 Å². The van der Waals surface area contributed by atoms with E-state index < -0.39 is 0 Å². The van der Waals surface area contributed by atoms with Gasteiger partial charge in [0.25, 0.3) is 5.24 Å². The van der Waals surface area contributed by atoms with Crippen LogP contribution >= 0.6 is 23.1 Å². The van der Waals surface area contributed by atoms with E-state index in [1.807, 2.05) is 17.5 Å². The number of rotatable bonds is 2. The molecule has 0 spiro atoms. The fourth-order valence-corrected chi connectivity index (χ4v) is 1.29. The van der Waals surface area contributed by atoms with E-state index in [0.717, 1.165) is 16.6 Å². The highest BCUT2D eigenvalue weighted by Crippen LogP contribution is 2.04. The zero-order valence-electron chi connectivity index (χ0n) is 6.48. The highest BCUT2D eigenvalue weighted by molar-refractivity contribution is 8.12. The molecule has 3 nitrogen and oxygen atoms in total. The molecular formula is C7H8N2OS2. The highest BCUT2D eigenvalue weighted by atomic mass is 32.2. The number of amides is 1. The van der Waals surface area contributed by atoms with Crippen LogP contribution in [0.15, 0.2) is 22.6 Å². The topological polar surface area (TPSA) is 41.5 Å². The van der Waals surface area contributed by atoms with Crippen LogP contribution in [0, 0.1) is 0 Å². The first-order chi connectivity index (χ1) is 5.83. The Balaban J connectivity index is 2.37. The summed E-state index contributed by atoms with van der Waals surface area (Å²) in [4.78, 5) is 11.7. The minimum absolute atomic E-state index is 0.150. The van der Waals surface area contributed by atoms with E-state index in [1.165, 1.54) is 0 Å². The molecule has 64 valence electrons. The summed E-state index contributed by atoms with van der Waals surface area (Å²) in [7, 11) is 0. The molecule has 5 heteroatoms. The van der Waals surface area contributed by atoms with Gasteiger partial charge in [0, 0.05) is 4.88 Å². The normalized spacial score (nSPS) is 10.4. The third-order valence-corrected chi connectivity index (χ3v) is 2.35. The van der Waals surface area contributed by atoms with Gasteiger partial charge in [-0.15, -0.1) is 11.3 Å². The quantitative estimate of drug-likeness (QED) is 0.587. The maximum absolute atomic E-state index is 10.7. The third-order valence-electron chi connectivity index (χ3n) is 1.08. The van der Waals surface area contributed by atoms with E-state index in [4.69, 9.17) is 0 Å². The van der Waals surface area contributed by atoms with Crippen LogP contribution in [0.3, 0.4) is 0 Å². The summed E-state index contributed by atoms with van der Waals surface area (Å²) in [5.41, 5.74) is 2.37. The van der Waals surface area contributed by atoms with Crippen LogP contribution in [-0.2, 0) is 0 Å². The molecule has 0 aliphatic heterocycles. The maximum atomic E-state index is 10.7. The lowest BCUT2D eigenvalue weighted by Gasteiger charge is -1.91. The summed E-state index contributed by atoms with van der Waals surface area (Å²) in [6.07, 6.45) is 3.33. The number of thioether (sulfide) groups is 1. The standard InChI is InChI=1S/C7H8N2OS2/c1-11-7(10)9-8-5-6-3-2-4-12-6/h2-5H,1H3,(H,9,10). The third kappa shape index (κ3) is 3.06. The Bertz CT molecular complexity index is 269. The molecule has 0 saturated carbocycles. The molecule has 0 unspecified atom stereocenters. The van der Waals surface area contributed by atoms with Crippen molar-refractivity contribution in [1.29, 1.82) is 0 Å². The van der Waals surface area contributed by atoms with Gasteiger partial charge in [-0.1, -0.05) is 17.8 Å². The predicted molar refractivity (Wildman–Crippen MR) is 54.0 cm³/mol. The summed E-state index contributed by atoms with van der Waals surface area (Å²) < 4.78 is 0. The first-order valence-electron chi connectivity index (χ1n) is 3.23. The number of carbonyl (C=O) groups is 1. The zero-order valence-corrected chi connectivity index (χ0v) is 8.11. The summed E-state index contributed by atoms with van der Waals surface area (Å²) in [5, 5.41) is 5.56. The molecule has 12 heavy (non-hydrogen) atoms. The Hall–Kier alpha value is -0.810. The molecular weight excluding hydrogens is 192 g/mol. The van der Waals surface area contributed by atoms with Crippen molar-refractivity contribution in [1.82, 2.24) is 5.43 Å². The van der Waals surface area contributed by atoms with E-state index in [0.29, 0.717) is 0 Å². The predicted octanol–water partition coefficient (Wildman–Crippen LogP) is 2.15. The number of hydrogen-bond acceptors (Lipinski definition) is 4. The minimum atomic E-state index is -0.150. The van der Waals surface area contributed by atoms with Gasteiger partial charge >= 0.3 is 0 Å². The molecule has 0 atom stereocenters. The Morgan fingerprint density at radius 1 is 1.83 bits per heavy atom. The van der Waals surface area contributed by atoms with Crippen molar-refractivity contribution in [3.63, 3.8) is 0 Å². The monoisotopic (exact) mass is 200 g/mol. The average Bonchev–Trinajstić information content (AvgIpc) is 2.57. The highest BCUT2D eigenvalue weighted by Gasteiger charge is 1.92. The van der Waals surface area contributed by atoms with Crippen LogP contribution < -0.4 is 5.43 Å². The summed E-state index contributed by atoms with van der Waals surface area (Å²) in [5.74, 6) is 0. The van der Waals surface area contributed by atoms with Gasteiger partial charge in [0.2, 0.25) is 0 Å². The molecule has 0 fully saturated rings. The van der Waals surface area contributed by atoms with Crippen molar-refractivity contribution < 1.29 is 4.79 Å². The van der Waals surface area contributed by atoms with Crippen molar-refractivity contribution in [3.8, 4) is 0 Å². The van der Waals surface area contributed by atoms with Crippen LogP contribution in [-0.4, -0.2) is 17.7 Å². The average molecular weight is 200 g/mol. The van der Waals surface area contributed by atoms with Crippen LogP contribution in [0.5, 0.6) is 0 Å². The van der Waals surface area contributed by atoms with E-state index in [9.17, 15) is 4.79 Å². The SMILES string of the molecule is CSC(=O)NN=Cc1cccs1. The first-order valence-corrected chi connectivity index (χ1v) is 5.34. The van der Waals surface area contributed by atoms with Crippen LogP contribution in [0.4, 0.5) is 4.79 Å². The second kappa shape index (κ2) is 4.95. The molecule has 0 aliphatic rings. The molecule has 0 radical (unpaired) electrons. The molecule has 1 N–H and O–H groups in total. The number of hydrazone groups is 1. The lowest BCUT2D eigenvalue weighted by molar-refractivity contribution is 0.261. The maximum Gasteiger partial charge on any atom is 0.298 e. The van der Waals surface area contributed by atoms with Crippen LogP contribution in [0.2, 0.25) is 0 Å². The molecule has 0 aromatic carbocycles. The number of thiophene rings is 1. The van der Waals surface area contributed by atoms with Crippen molar-refractivity contribution in [3.05, 3.63) is 22.4 Å². The Morgan fingerprint density at radius 3 is 3.25 bits per heavy atom. The molecule has 1 aromatic rings. The fraction of sp³-hybridized carbons (Fsp3) is 0.143. The van der Waals surface area contributed by atoms with Crippen LogP contribution in [0.1, 0.15) is 4.88 Å². The van der Waals surface area contributed by atoms with Gasteiger partial charge in [-0.3, -0.25) is 4.79 Å². The summed E-state index contributed by atoms with van der Waals surface area (Å²) >= 11 is 2.68. The summed E-state index contributed by atoms with van der Waals surface area (Å²) in [6, 6.07) is 3.86. The van der Waals surface area contributed by atoms with Crippen molar-refractivity contribution in [2.45, 2.75) is 0 Å². The van der Waals surface area contributed by atoms with E-state index in [-0.39, 0.29) is 5.24 Å². The largest absolute Gasteiger partial charge is 0.298 e. The Kier molecular flexibility index (Phi) is 3.83. The van der Waals surface area contributed by atoms with Gasteiger partial charge in [0.1, 0.15) is 0 Å². The van der Waals surface area contributed by atoms with Crippen LogP contribution in [0.25, 0.3) is 0 Å². The number of nitrogens with zero attached hydrogens (tertiary/aromatic N) is 1. The minimum Gasteiger partial charge on any atom is -0.260 e. The molecule has 1 aromatic heterocycles. The molecule has 0 bridgehead atoms. The summed E-state index contributed by atoms with van der Waals surface area (Å²) in [6.45, 7) is 0. The number of carbonyl (C=O) groups excluding carboxylic acids is 1. The molecule has 0 saturated heterocycles. The Morgan fingerprint density at radius 2 is 2.67 bits per heavy atom. The van der Waals surface area contributed by atoms with Crippen molar-refractivity contribution in [2.24, 2.45) is 5.10 Å². The van der Waals surface area contributed by atoms with Gasteiger partial charge in [0.15, 0.2) is 0 Å². The number of hydrogen-bond donors (Lipinski definition) is 1. The van der Waals surface area contributed by atoms with E-state index in [2.05, 4.69) is 10.5 Å². The second-order valence-electron chi connectivity index (χ2n) is 1.88. The Labute approximate surface area is 78.9 Å². The molecule has 1 rings (SSSR count). The van der Waals surface area contributed by atoms with Gasteiger partial charge in [-0.25, -0.2) is 5.43 Å². The zero-order chi connectivity index (χ0) is 8.81. The van der Waals surface area contributed by atoms with E-state index >= 15 is 0 Å². The van der Waals surface area contributed by atoms with Gasteiger partial charge in [-0.2, -0.15) is 5.10 Å². The lowest BCUT2D eigenvalue weighted by atomic mass is 10.5. The smallest absolute Gasteiger partial charge is 0.260 e. The van der Waals surface area contributed by atoms with Crippen molar-refractivity contribution in [2.75, 3.05) is 6.26 Å². The number of nitrogens with one attached hydrogen (secondary N) is 1. The van der Waals surface area contributed by atoms with E-state index in [1.54, 1.807) is 23.8 Å². The lowest BCUT2D eigenvalue weighted by Crippen LogP contribution is -2.10. The molecule has 1 amide bonds.